The first-order valence-corrected chi connectivity index (χ1v) is 4.76. The Balaban J connectivity index is 3.06. The average molecular weight is 185 g/mol. The van der Waals surface area contributed by atoms with Gasteiger partial charge in [0, 0.05) is 22.4 Å². The fourth-order valence-electron chi connectivity index (χ4n) is 0.301. The van der Waals surface area contributed by atoms with Crippen LogP contribution in [0.15, 0.2) is 11.6 Å². The van der Waals surface area contributed by atoms with Crippen molar-refractivity contribution in [1.29, 1.82) is 0 Å². The van der Waals surface area contributed by atoms with E-state index in [-0.39, 0.29) is 0 Å². The summed E-state index contributed by atoms with van der Waals surface area (Å²) in [5.41, 5.74) is 1.54. The van der Waals surface area contributed by atoms with Crippen LogP contribution in [0, 0.1) is 0 Å². The minimum Gasteiger partial charge on any atom is -0.153 e. The summed E-state index contributed by atoms with van der Waals surface area (Å²) in [4.78, 5) is 0. The van der Waals surface area contributed by atoms with Crippen molar-refractivity contribution >= 4 is 35.0 Å². The van der Waals surface area contributed by atoms with Gasteiger partial charge in [0.25, 0.3) is 0 Å². The monoisotopic (exact) mass is 184 g/mol. The van der Waals surface area contributed by atoms with Gasteiger partial charge in [-0.05, 0) is 0 Å². The summed E-state index contributed by atoms with van der Waals surface area (Å²) in [5.74, 6) is 1.66. The van der Waals surface area contributed by atoms with Crippen molar-refractivity contribution in [2.45, 2.75) is 12.2 Å². The maximum absolute atomic E-state index is 5.55. The maximum Gasteiger partial charge on any atom is 0.0340 e. The highest BCUT2D eigenvalue weighted by molar-refractivity contribution is 8.00. The van der Waals surface area contributed by atoms with Crippen LogP contribution in [0.1, 0.15) is 6.92 Å². The Labute approximate surface area is 70.6 Å². The number of rotatable bonds is 4. The zero-order valence-corrected chi connectivity index (χ0v) is 7.64. The van der Waals surface area contributed by atoms with E-state index < -0.39 is 0 Å². The minimum atomic E-state index is 0.527. The predicted octanol–water partition coefficient (Wildman–Crippen LogP) is 3.10. The van der Waals surface area contributed by atoms with Crippen molar-refractivity contribution in [1.82, 2.24) is 0 Å². The lowest BCUT2D eigenvalue weighted by Gasteiger charge is -2.02. The molecule has 0 aromatic carbocycles. The molecule has 0 rings (SSSR count). The third kappa shape index (κ3) is 6.56. The molecule has 1 unspecified atom stereocenters. The van der Waals surface area contributed by atoms with Gasteiger partial charge in [0.05, 0.1) is 0 Å². The Bertz CT molecular complexity index is 83.1. The molecular weight excluding hydrogens is 175 g/mol. The normalized spacial score (nSPS) is 14.6. The molecule has 0 fully saturated rings. The molecule has 0 saturated heterocycles. The Morgan fingerprint density at radius 2 is 2.33 bits per heavy atom. The molecule has 0 nitrogen and oxygen atoms in total. The molecule has 0 aliphatic carbocycles. The SMILES string of the molecule is CC(CCl)SC/C=C/Cl. The average Bonchev–Trinajstić information content (AvgIpc) is 1.89. The molecule has 0 N–H and O–H groups in total. The summed E-state index contributed by atoms with van der Waals surface area (Å²) in [5, 5.41) is 0.527. The first-order valence-electron chi connectivity index (χ1n) is 2.74. The van der Waals surface area contributed by atoms with Crippen molar-refractivity contribution in [2.24, 2.45) is 0 Å². The van der Waals surface area contributed by atoms with Gasteiger partial charge in [0.15, 0.2) is 0 Å². The lowest BCUT2D eigenvalue weighted by Crippen LogP contribution is -1.96. The van der Waals surface area contributed by atoms with Crippen molar-refractivity contribution in [2.75, 3.05) is 11.6 Å². The molecule has 9 heavy (non-hydrogen) atoms. The Kier molecular flexibility index (Phi) is 7.29. The molecule has 0 spiro atoms. The second-order valence-corrected chi connectivity index (χ2v) is 3.69. The topological polar surface area (TPSA) is 0 Å². The number of halogens is 2. The molecule has 0 bridgehead atoms. The molecule has 0 aromatic rings. The first-order chi connectivity index (χ1) is 4.31. The van der Waals surface area contributed by atoms with Crippen LogP contribution < -0.4 is 0 Å². The predicted molar refractivity (Wildman–Crippen MR) is 47.6 cm³/mol. The molecule has 1 atom stereocenters. The van der Waals surface area contributed by atoms with E-state index in [1.165, 1.54) is 5.54 Å². The van der Waals surface area contributed by atoms with Gasteiger partial charge in [0.2, 0.25) is 0 Å². The standard InChI is InChI=1S/C6H10Cl2S/c1-6(5-8)9-4-2-3-7/h2-3,6H,4-5H2,1H3/b3-2+. The molecule has 0 amide bonds. The van der Waals surface area contributed by atoms with E-state index in [9.17, 15) is 0 Å². The molecule has 0 radical (unpaired) electrons. The van der Waals surface area contributed by atoms with Gasteiger partial charge in [-0.15, -0.1) is 11.6 Å². The largest absolute Gasteiger partial charge is 0.153 e. The number of hydrogen-bond acceptors (Lipinski definition) is 1. The van der Waals surface area contributed by atoms with Crippen LogP contribution in [-0.4, -0.2) is 16.9 Å². The molecule has 3 heteroatoms. The van der Waals surface area contributed by atoms with Crippen LogP contribution in [0.25, 0.3) is 0 Å². The maximum atomic E-state index is 5.55. The second kappa shape index (κ2) is 6.79. The van der Waals surface area contributed by atoms with Crippen molar-refractivity contribution in [3.63, 3.8) is 0 Å². The van der Waals surface area contributed by atoms with Gasteiger partial charge in [-0.3, -0.25) is 0 Å². The van der Waals surface area contributed by atoms with Crippen LogP contribution >= 0.6 is 35.0 Å². The number of alkyl halides is 1. The molecule has 0 saturated carbocycles. The molecule has 54 valence electrons. The van der Waals surface area contributed by atoms with Gasteiger partial charge >= 0.3 is 0 Å². The van der Waals surface area contributed by atoms with E-state index in [0.29, 0.717) is 11.1 Å². The Morgan fingerprint density at radius 1 is 1.67 bits per heavy atom. The molecular formula is C6H10Cl2S. The zero-order valence-electron chi connectivity index (χ0n) is 5.31. The summed E-state index contributed by atoms with van der Waals surface area (Å²) in [6, 6.07) is 0. The van der Waals surface area contributed by atoms with E-state index in [2.05, 4.69) is 6.92 Å². The van der Waals surface area contributed by atoms with Crippen LogP contribution in [0.5, 0.6) is 0 Å². The zero-order chi connectivity index (χ0) is 7.11. The minimum absolute atomic E-state index is 0.527. The highest BCUT2D eigenvalue weighted by Crippen LogP contribution is 2.11. The lowest BCUT2D eigenvalue weighted by atomic mass is 10.6. The first kappa shape index (κ1) is 9.67. The van der Waals surface area contributed by atoms with Gasteiger partial charge < -0.3 is 0 Å². The molecule has 0 heterocycles. The summed E-state index contributed by atoms with van der Waals surface area (Å²) in [7, 11) is 0. The smallest absolute Gasteiger partial charge is 0.0340 e. The lowest BCUT2D eigenvalue weighted by molar-refractivity contribution is 1.12. The quantitative estimate of drug-likeness (QED) is 0.606. The summed E-state index contributed by atoms with van der Waals surface area (Å²) >= 11 is 12.7. The van der Waals surface area contributed by atoms with Crippen molar-refractivity contribution in [3.8, 4) is 0 Å². The summed E-state index contributed by atoms with van der Waals surface area (Å²) < 4.78 is 0. The van der Waals surface area contributed by atoms with Crippen LogP contribution in [0.2, 0.25) is 0 Å². The van der Waals surface area contributed by atoms with Gasteiger partial charge in [-0.2, -0.15) is 11.8 Å². The van der Waals surface area contributed by atoms with E-state index in [4.69, 9.17) is 23.2 Å². The van der Waals surface area contributed by atoms with Gasteiger partial charge in [-0.1, -0.05) is 24.6 Å². The summed E-state index contributed by atoms with van der Waals surface area (Å²) in [6.45, 7) is 2.10. The fourth-order valence-corrected chi connectivity index (χ4v) is 1.39. The molecule has 0 aliphatic rings. The van der Waals surface area contributed by atoms with Crippen LogP contribution in [0.4, 0.5) is 0 Å². The van der Waals surface area contributed by atoms with E-state index in [1.807, 2.05) is 6.08 Å². The van der Waals surface area contributed by atoms with Gasteiger partial charge in [0.1, 0.15) is 0 Å². The highest BCUT2D eigenvalue weighted by atomic mass is 35.5. The molecule has 0 aliphatic heterocycles. The van der Waals surface area contributed by atoms with Gasteiger partial charge in [-0.25, -0.2) is 0 Å². The number of thioether (sulfide) groups is 1. The van der Waals surface area contributed by atoms with Crippen LogP contribution in [0.3, 0.4) is 0 Å². The second-order valence-electron chi connectivity index (χ2n) is 1.66. The van der Waals surface area contributed by atoms with Crippen LogP contribution in [-0.2, 0) is 0 Å². The third-order valence-corrected chi connectivity index (χ3v) is 2.73. The number of hydrogen-bond donors (Lipinski definition) is 0. The van der Waals surface area contributed by atoms with E-state index >= 15 is 0 Å². The third-order valence-electron chi connectivity index (χ3n) is 0.783. The Hall–Kier alpha value is 0.670. The fraction of sp³-hybridized carbons (Fsp3) is 0.667. The van der Waals surface area contributed by atoms with Crippen molar-refractivity contribution in [3.05, 3.63) is 11.6 Å². The van der Waals surface area contributed by atoms with Crippen molar-refractivity contribution < 1.29 is 0 Å². The molecule has 0 aromatic heterocycles. The van der Waals surface area contributed by atoms with E-state index in [0.717, 1.165) is 5.75 Å². The Morgan fingerprint density at radius 3 is 2.78 bits per heavy atom. The van der Waals surface area contributed by atoms with E-state index in [1.54, 1.807) is 11.8 Å². The highest BCUT2D eigenvalue weighted by Gasteiger charge is 1.95. The summed E-state index contributed by atoms with van der Waals surface area (Å²) in [6.07, 6.45) is 1.91.